The lowest BCUT2D eigenvalue weighted by molar-refractivity contribution is 0.00893. The van der Waals surface area contributed by atoms with Crippen molar-refractivity contribution in [3.05, 3.63) is 60.2 Å². The third-order valence-corrected chi connectivity index (χ3v) is 2.98. The van der Waals surface area contributed by atoms with Gasteiger partial charge in [0, 0.05) is 0 Å². The molecule has 0 N–H and O–H groups in total. The van der Waals surface area contributed by atoms with E-state index in [-0.39, 0.29) is 19.2 Å². The maximum Gasteiger partial charge on any atom is 0.342 e. The molecule has 1 atom stereocenters. The number of benzene rings is 2. The average Bonchev–Trinajstić information content (AvgIpc) is 2.66. The van der Waals surface area contributed by atoms with E-state index in [9.17, 15) is 4.79 Å². The lowest BCUT2D eigenvalue weighted by Crippen LogP contribution is -2.28. The van der Waals surface area contributed by atoms with Gasteiger partial charge in [-0.2, -0.15) is 0 Å². The van der Waals surface area contributed by atoms with E-state index in [2.05, 4.69) is 0 Å². The van der Waals surface area contributed by atoms with Crippen molar-refractivity contribution in [2.75, 3.05) is 13.2 Å². The molecule has 20 heavy (non-hydrogen) atoms. The van der Waals surface area contributed by atoms with Gasteiger partial charge >= 0.3 is 5.97 Å². The molecule has 0 amide bonds. The van der Waals surface area contributed by atoms with Gasteiger partial charge in [-0.15, -0.1) is 0 Å². The average molecular weight is 270 g/mol. The molecule has 0 bridgehead atoms. The van der Waals surface area contributed by atoms with E-state index >= 15 is 0 Å². The number of cyclic esters (lactones) is 1. The van der Waals surface area contributed by atoms with Crippen LogP contribution in [0, 0.1) is 0 Å². The number of para-hydroxylation sites is 2. The summed E-state index contributed by atoms with van der Waals surface area (Å²) >= 11 is 0. The van der Waals surface area contributed by atoms with Crippen LogP contribution in [-0.4, -0.2) is 25.3 Å². The van der Waals surface area contributed by atoms with E-state index in [0.717, 1.165) is 5.75 Å². The van der Waals surface area contributed by atoms with Crippen LogP contribution in [0.5, 0.6) is 11.5 Å². The Kier molecular flexibility index (Phi) is 3.54. The van der Waals surface area contributed by atoms with Crippen LogP contribution in [-0.2, 0) is 4.74 Å². The van der Waals surface area contributed by atoms with E-state index in [1.807, 2.05) is 36.4 Å². The normalized spacial score (nSPS) is 17.4. The van der Waals surface area contributed by atoms with Crippen LogP contribution in [0.25, 0.3) is 0 Å². The van der Waals surface area contributed by atoms with Gasteiger partial charge in [0.05, 0.1) is 0 Å². The van der Waals surface area contributed by atoms with Gasteiger partial charge in [-0.25, -0.2) is 4.79 Å². The molecule has 2 aromatic carbocycles. The second-order valence-corrected chi connectivity index (χ2v) is 4.46. The number of hydrogen-bond donors (Lipinski definition) is 0. The maximum atomic E-state index is 12.0. The predicted molar refractivity (Wildman–Crippen MR) is 73.1 cm³/mol. The molecule has 1 unspecified atom stereocenters. The Morgan fingerprint density at radius 3 is 2.65 bits per heavy atom. The van der Waals surface area contributed by atoms with Gasteiger partial charge in [-0.1, -0.05) is 30.3 Å². The third-order valence-electron chi connectivity index (χ3n) is 2.98. The molecule has 0 saturated heterocycles. The number of fused-ring (bicyclic) bond motifs is 1. The number of ether oxygens (including phenoxy) is 3. The number of esters is 1. The molecule has 0 radical (unpaired) electrons. The molecule has 102 valence electrons. The Morgan fingerprint density at radius 2 is 1.80 bits per heavy atom. The van der Waals surface area contributed by atoms with Gasteiger partial charge in [0.15, 0.2) is 6.10 Å². The van der Waals surface area contributed by atoms with E-state index in [4.69, 9.17) is 14.2 Å². The summed E-state index contributed by atoms with van der Waals surface area (Å²) in [5.74, 6) is 0.921. The van der Waals surface area contributed by atoms with Crippen LogP contribution in [0.1, 0.15) is 10.4 Å². The molecular formula is C16H14O4. The SMILES string of the molecule is O=C1OC(COc2ccccc2)COc2ccccc21. The fraction of sp³-hybridized carbons (Fsp3) is 0.188. The van der Waals surface area contributed by atoms with E-state index in [1.54, 1.807) is 18.2 Å². The van der Waals surface area contributed by atoms with Gasteiger partial charge in [0.1, 0.15) is 30.3 Å². The molecule has 4 nitrogen and oxygen atoms in total. The quantitative estimate of drug-likeness (QED) is 0.804. The number of carbonyl (C=O) groups excluding carboxylic acids is 1. The fourth-order valence-electron chi connectivity index (χ4n) is 1.98. The molecule has 3 rings (SSSR count). The van der Waals surface area contributed by atoms with Crippen LogP contribution >= 0.6 is 0 Å². The Labute approximate surface area is 116 Å². The van der Waals surface area contributed by atoms with Crippen molar-refractivity contribution in [2.45, 2.75) is 6.10 Å². The Balaban J connectivity index is 1.65. The summed E-state index contributed by atoms with van der Waals surface area (Å²) in [6, 6.07) is 16.5. The van der Waals surface area contributed by atoms with Crippen molar-refractivity contribution in [1.82, 2.24) is 0 Å². The van der Waals surface area contributed by atoms with Crippen molar-refractivity contribution in [3.8, 4) is 11.5 Å². The molecule has 4 heteroatoms. The van der Waals surface area contributed by atoms with Gasteiger partial charge < -0.3 is 14.2 Å². The first-order chi connectivity index (χ1) is 9.83. The summed E-state index contributed by atoms with van der Waals surface area (Å²) in [6.07, 6.45) is -0.421. The lowest BCUT2D eigenvalue weighted by atomic mass is 10.2. The number of rotatable bonds is 3. The molecule has 0 aromatic heterocycles. The van der Waals surface area contributed by atoms with Crippen molar-refractivity contribution >= 4 is 5.97 Å². The van der Waals surface area contributed by atoms with Gasteiger partial charge in [0.25, 0.3) is 0 Å². The van der Waals surface area contributed by atoms with E-state index in [1.165, 1.54) is 0 Å². The zero-order valence-corrected chi connectivity index (χ0v) is 10.8. The summed E-state index contributed by atoms with van der Waals surface area (Å²) in [5, 5.41) is 0. The maximum absolute atomic E-state index is 12.0. The summed E-state index contributed by atoms with van der Waals surface area (Å²) in [4.78, 5) is 12.0. The molecule has 1 aliphatic heterocycles. The van der Waals surface area contributed by atoms with Crippen LogP contribution in [0.4, 0.5) is 0 Å². The Bertz CT molecular complexity index is 594. The molecule has 1 aliphatic rings. The largest absolute Gasteiger partial charge is 0.490 e. The molecule has 0 aliphatic carbocycles. The van der Waals surface area contributed by atoms with E-state index in [0.29, 0.717) is 11.3 Å². The van der Waals surface area contributed by atoms with Crippen LogP contribution in [0.3, 0.4) is 0 Å². The Morgan fingerprint density at radius 1 is 1.05 bits per heavy atom. The van der Waals surface area contributed by atoms with Crippen molar-refractivity contribution in [2.24, 2.45) is 0 Å². The van der Waals surface area contributed by atoms with Gasteiger partial charge in [-0.3, -0.25) is 0 Å². The highest BCUT2D eigenvalue weighted by Gasteiger charge is 2.24. The summed E-state index contributed by atoms with van der Waals surface area (Å²) < 4.78 is 16.6. The second kappa shape index (κ2) is 5.65. The number of carbonyl (C=O) groups is 1. The minimum atomic E-state index is -0.421. The van der Waals surface area contributed by atoms with Crippen LogP contribution < -0.4 is 9.47 Å². The minimum Gasteiger partial charge on any atom is -0.490 e. The molecule has 2 aromatic rings. The summed E-state index contributed by atoms with van der Waals surface area (Å²) in [6.45, 7) is 0.555. The van der Waals surface area contributed by atoms with Crippen LogP contribution in [0.15, 0.2) is 54.6 Å². The molecule has 0 saturated carbocycles. The van der Waals surface area contributed by atoms with E-state index < -0.39 is 6.10 Å². The monoisotopic (exact) mass is 270 g/mol. The highest BCUT2D eigenvalue weighted by atomic mass is 16.6. The molecule has 0 fully saturated rings. The second-order valence-electron chi connectivity index (χ2n) is 4.46. The number of hydrogen-bond acceptors (Lipinski definition) is 4. The standard InChI is InChI=1S/C16H14O4/c17-16-14-8-4-5-9-15(14)19-11-13(20-16)10-18-12-6-2-1-3-7-12/h1-9,13H,10-11H2. The zero-order valence-electron chi connectivity index (χ0n) is 10.8. The smallest absolute Gasteiger partial charge is 0.342 e. The van der Waals surface area contributed by atoms with Crippen LogP contribution in [0.2, 0.25) is 0 Å². The third kappa shape index (κ3) is 2.74. The highest BCUT2D eigenvalue weighted by molar-refractivity contribution is 5.92. The summed E-state index contributed by atoms with van der Waals surface area (Å²) in [5.41, 5.74) is 0.453. The topological polar surface area (TPSA) is 44.8 Å². The first-order valence-electron chi connectivity index (χ1n) is 6.43. The zero-order chi connectivity index (χ0) is 13.8. The first kappa shape index (κ1) is 12.5. The molecule has 1 heterocycles. The molecular weight excluding hydrogens is 256 g/mol. The van der Waals surface area contributed by atoms with Gasteiger partial charge in [0.2, 0.25) is 0 Å². The molecule has 0 spiro atoms. The lowest BCUT2D eigenvalue weighted by Gasteiger charge is -2.15. The minimum absolute atomic E-state index is 0.268. The Hall–Kier alpha value is -2.49. The van der Waals surface area contributed by atoms with Crippen molar-refractivity contribution < 1.29 is 19.0 Å². The first-order valence-corrected chi connectivity index (χ1v) is 6.43. The van der Waals surface area contributed by atoms with Crippen molar-refractivity contribution in [3.63, 3.8) is 0 Å². The van der Waals surface area contributed by atoms with Gasteiger partial charge in [-0.05, 0) is 24.3 Å². The fourth-order valence-corrected chi connectivity index (χ4v) is 1.98. The van der Waals surface area contributed by atoms with Crippen molar-refractivity contribution in [1.29, 1.82) is 0 Å². The summed E-state index contributed by atoms with van der Waals surface area (Å²) in [7, 11) is 0. The highest BCUT2D eigenvalue weighted by Crippen LogP contribution is 2.23. The predicted octanol–water partition coefficient (Wildman–Crippen LogP) is 2.68.